The van der Waals surface area contributed by atoms with Gasteiger partial charge in [0.1, 0.15) is 0 Å². The molecule has 0 bridgehead atoms. The minimum atomic E-state index is -1.25. The van der Waals surface area contributed by atoms with E-state index in [0.29, 0.717) is 0 Å². The molecule has 20 heavy (non-hydrogen) atoms. The fourth-order valence-corrected chi connectivity index (χ4v) is 3.05. The van der Waals surface area contributed by atoms with E-state index in [2.05, 4.69) is 38.3 Å². The fourth-order valence-electron chi connectivity index (χ4n) is 3.05. The van der Waals surface area contributed by atoms with Crippen molar-refractivity contribution in [3.8, 4) is 0 Å². The maximum atomic E-state index is 12.0. The van der Waals surface area contributed by atoms with Crippen molar-refractivity contribution in [1.82, 2.24) is 10.6 Å². The summed E-state index contributed by atoms with van der Waals surface area (Å²) < 4.78 is 4.76. The van der Waals surface area contributed by atoms with Gasteiger partial charge in [0.25, 0.3) is 0 Å². The second kappa shape index (κ2) is 6.10. The zero-order valence-corrected chi connectivity index (χ0v) is 13.1. The molecule has 0 spiro atoms. The normalized spacial score (nSPS) is 22.9. The van der Waals surface area contributed by atoms with E-state index in [-0.39, 0.29) is 23.7 Å². The van der Waals surface area contributed by atoms with Crippen LogP contribution in [0.3, 0.4) is 0 Å². The smallest absolute Gasteiger partial charge is 0.332 e. The number of hydrogen-bond acceptors (Lipinski definition) is 5. The number of piperidine rings is 1. The van der Waals surface area contributed by atoms with Gasteiger partial charge in [0.15, 0.2) is 6.04 Å². The van der Waals surface area contributed by atoms with Crippen LogP contribution in [0.2, 0.25) is 0 Å². The number of carbonyl (C=O) groups is 2. The maximum absolute atomic E-state index is 12.0. The van der Waals surface area contributed by atoms with Crippen molar-refractivity contribution in [2.45, 2.75) is 70.6 Å². The Balaban J connectivity index is 2.63. The van der Waals surface area contributed by atoms with E-state index in [1.54, 1.807) is 6.92 Å². The molecule has 1 aliphatic rings. The minimum Gasteiger partial charge on any atom is -0.464 e. The summed E-state index contributed by atoms with van der Waals surface area (Å²) in [4.78, 5) is 23.5. The topological polar surface area (TPSA) is 93.5 Å². The number of ether oxygens (including phenoxy) is 1. The Bertz CT molecular complexity index is 364. The van der Waals surface area contributed by atoms with Crippen molar-refractivity contribution in [3.63, 3.8) is 0 Å². The molecule has 0 aliphatic carbocycles. The summed E-state index contributed by atoms with van der Waals surface area (Å²) in [6.45, 7) is 10.3. The molecule has 0 aromatic heterocycles. The average molecular weight is 285 g/mol. The van der Waals surface area contributed by atoms with Crippen molar-refractivity contribution in [2.24, 2.45) is 5.73 Å². The predicted octanol–water partition coefficient (Wildman–Crippen LogP) is 0.302. The summed E-state index contributed by atoms with van der Waals surface area (Å²) in [5.74, 6) is -1.15. The number of hydrogen-bond donors (Lipinski definition) is 3. The summed E-state index contributed by atoms with van der Waals surface area (Å²) in [5, 5.41) is 6.40. The van der Waals surface area contributed by atoms with Crippen molar-refractivity contribution < 1.29 is 14.3 Å². The molecule has 4 N–H and O–H groups in total. The van der Waals surface area contributed by atoms with Gasteiger partial charge < -0.3 is 21.1 Å². The predicted molar refractivity (Wildman–Crippen MR) is 77.1 cm³/mol. The first-order valence-corrected chi connectivity index (χ1v) is 7.08. The molecule has 1 heterocycles. The second-order valence-electron chi connectivity index (χ2n) is 6.74. The van der Waals surface area contributed by atoms with Crippen LogP contribution >= 0.6 is 0 Å². The van der Waals surface area contributed by atoms with Gasteiger partial charge in [-0.1, -0.05) is 0 Å². The molecule has 1 saturated heterocycles. The SMILES string of the molecule is CCOC(=O)C(N)C(=O)NC1CC(C)(C)NC(C)(C)C1. The lowest BCUT2D eigenvalue weighted by atomic mass is 9.79. The quantitative estimate of drug-likeness (QED) is 0.510. The highest BCUT2D eigenvalue weighted by atomic mass is 16.5. The summed E-state index contributed by atoms with van der Waals surface area (Å²) in [7, 11) is 0. The van der Waals surface area contributed by atoms with Gasteiger partial charge in [-0.2, -0.15) is 0 Å². The Morgan fingerprint density at radius 1 is 1.30 bits per heavy atom. The van der Waals surface area contributed by atoms with Crippen LogP contribution < -0.4 is 16.4 Å². The van der Waals surface area contributed by atoms with Crippen LogP contribution in [0.4, 0.5) is 0 Å². The van der Waals surface area contributed by atoms with Crippen LogP contribution in [0.5, 0.6) is 0 Å². The van der Waals surface area contributed by atoms with Gasteiger partial charge in [0.05, 0.1) is 6.61 Å². The molecule has 1 rings (SSSR count). The molecule has 1 aliphatic heterocycles. The lowest BCUT2D eigenvalue weighted by Gasteiger charge is -2.46. The van der Waals surface area contributed by atoms with Gasteiger partial charge in [-0.15, -0.1) is 0 Å². The molecule has 6 heteroatoms. The van der Waals surface area contributed by atoms with E-state index in [1.165, 1.54) is 0 Å². The first-order chi connectivity index (χ1) is 9.06. The van der Waals surface area contributed by atoms with Gasteiger partial charge in [-0.05, 0) is 47.5 Å². The second-order valence-corrected chi connectivity index (χ2v) is 6.74. The van der Waals surface area contributed by atoms with Crippen LogP contribution in [-0.2, 0) is 14.3 Å². The Hall–Kier alpha value is -1.14. The van der Waals surface area contributed by atoms with Gasteiger partial charge in [-0.25, -0.2) is 4.79 Å². The first kappa shape index (κ1) is 16.9. The molecule has 6 nitrogen and oxygen atoms in total. The standard InChI is InChI=1S/C14H27N3O3/c1-6-20-12(19)10(15)11(18)16-9-7-13(2,3)17-14(4,5)8-9/h9-10,17H,6-8,15H2,1-5H3,(H,16,18). The van der Waals surface area contributed by atoms with Crippen LogP contribution in [0.1, 0.15) is 47.5 Å². The number of amides is 1. The largest absolute Gasteiger partial charge is 0.464 e. The van der Waals surface area contributed by atoms with E-state index < -0.39 is 17.9 Å². The highest BCUT2D eigenvalue weighted by Crippen LogP contribution is 2.28. The van der Waals surface area contributed by atoms with Crippen LogP contribution in [0, 0.1) is 0 Å². The third-order valence-electron chi connectivity index (χ3n) is 3.36. The third-order valence-corrected chi connectivity index (χ3v) is 3.36. The molecule has 1 amide bonds. The van der Waals surface area contributed by atoms with E-state index >= 15 is 0 Å². The van der Waals surface area contributed by atoms with Crippen molar-refractivity contribution in [1.29, 1.82) is 0 Å². The Morgan fingerprint density at radius 3 is 2.25 bits per heavy atom. The van der Waals surface area contributed by atoms with Gasteiger partial charge in [-0.3, -0.25) is 4.79 Å². The zero-order valence-electron chi connectivity index (χ0n) is 13.1. The third kappa shape index (κ3) is 4.76. The van der Waals surface area contributed by atoms with Crippen molar-refractivity contribution in [2.75, 3.05) is 6.61 Å². The molecular weight excluding hydrogens is 258 g/mol. The van der Waals surface area contributed by atoms with E-state index in [9.17, 15) is 9.59 Å². The number of esters is 1. The zero-order chi connectivity index (χ0) is 15.6. The molecule has 1 atom stereocenters. The van der Waals surface area contributed by atoms with Crippen molar-refractivity contribution in [3.05, 3.63) is 0 Å². The molecule has 0 aromatic carbocycles. The summed E-state index contributed by atoms with van der Waals surface area (Å²) in [5.41, 5.74) is 5.45. The lowest BCUT2D eigenvalue weighted by Crippen LogP contribution is -2.63. The molecule has 1 unspecified atom stereocenters. The highest BCUT2D eigenvalue weighted by Gasteiger charge is 2.39. The van der Waals surface area contributed by atoms with Crippen LogP contribution in [0.25, 0.3) is 0 Å². The average Bonchev–Trinajstić information content (AvgIpc) is 2.23. The van der Waals surface area contributed by atoms with E-state index in [1.807, 2.05) is 0 Å². The number of nitrogens with two attached hydrogens (primary N) is 1. The van der Waals surface area contributed by atoms with Crippen molar-refractivity contribution >= 4 is 11.9 Å². The number of nitrogens with one attached hydrogen (secondary N) is 2. The van der Waals surface area contributed by atoms with Gasteiger partial charge >= 0.3 is 5.97 Å². The molecule has 1 fully saturated rings. The Labute approximate surface area is 120 Å². The van der Waals surface area contributed by atoms with E-state index in [0.717, 1.165) is 12.8 Å². The molecule has 0 radical (unpaired) electrons. The lowest BCUT2D eigenvalue weighted by molar-refractivity contribution is -0.148. The van der Waals surface area contributed by atoms with Crippen LogP contribution in [0.15, 0.2) is 0 Å². The molecule has 116 valence electrons. The number of rotatable bonds is 4. The molecule has 0 saturated carbocycles. The summed E-state index contributed by atoms with van der Waals surface area (Å²) in [6, 6.07) is -1.26. The minimum absolute atomic E-state index is 0.00535. The van der Waals surface area contributed by atoms with Gasteiger partial charge in [0, 0.05) is 17.1 Å². The Kier molecular flexibility index (Phi) is 5.15. The van der Waals surface area contributed by atoms with Gasteiger partial charge in [0.2, 0.25) is 5.91 Å². The Morgan fingerprint density at radius 2 is 1.80 bits per heavy atom. The number of carbonyl (C=O) groups excluding carboxylic acids is 2. The molecule has 0 aromatic rings. The maximum Gasteiger partial charge on any atom is 0.332 e. The van der Waals surface area contributed by atoms with E-state index in [4.69, 9.17) is 10.5 Å². The highest BCUT2D eigenvalue weighted by molar-refractivity contribution is 6.01. The summed E-state index contributed by atoms with van der Waals surface area (Å²) in [6.07, 6.45) is 1.58. The first-order valence-electron chi connectivity index (χ1n) is 7.08. The fraction of sp³-hybridized carbons (Fsp3) is 0.857. The summed E-state index contributed by atoms with van der Waals surface area (Å²) >= 11 is 0. The molecular formula is C14H27N3O3. The van der Waals surface area contributed by atoms with Crippen LogP contribution in [-0.4, -0.2) is 41.6 Å². The monoisotopic (exact) mass is 285 g/mol.